The summed E-state index contributed by atoms with van der Waals surface area (Å²) in [5.41, 5.74) is 2.49. The minimum absolute atomic E-state index is 0.682. The second kappa shape index (κ2) is 6.68. The number of likely N-dealkylation sites (tertiary alicyclic amines) is 1. The lowest BCUT2D eigenvalue weighted by Crippen LogP contribution is -2.35. The van der Waals surface area contributed by atoms with E-state index in [0.717, 1.165) is 17.4 Å². The van der Waals surface area contributed by atoms with Gasteiger partial charge in [-0.15, -0.1) is 0 Å². The van der Waals surface area contributed by atoms with Crippen molar-refractivity contribution < 1.29 is 0 Å². The molecule has 1 aromatic heterocycles. The Morgan fingerprint density at radius 1 is 1.20 bits per heavy atom. The van der Waals surface area contributed by atoms with Crippen LogP contribution >= 0.6 is 15.9 Å². The van der Waals surface area contributed by atoms with E-state index in [1.807, 2.05) is 12.3 Å². The highest BCUT2D eigenvalue weighted by Crippen LogP contribution is 2.22. The van der Waals surface area contributed by atoms with E-state index in [4.69, 9.17) is 0 Å². The molecule has 2 nitrogen and oxygen atoms in total. The van der Waals surface area contributed by atoms with Crippen molar-refractivity contribution in [2.45, 2.75) is 38.3 Å². The number of halogens is 1. The van der Waals surface area contributed by atoms with Gasteiger partial charge < -0.3 is 0 Å². The van der Waals surface area contributed by atoms with Gasteiger partial charge in [0.15, 0.2) is 0 Å². The molecule has 1 saturated heterocycles. The zero-order chi connectivity index (χ0) is 13.8. The summed E-state index contributed by atoms with van der Waals surface area (Å²) in [6.45, 7) is 2.28. The van der Waals surface area contributed by atoms with Gasteiger partial charge in [-0.2, -0.15) is 0 Å². The number of alkyl halides is 1. The number of rotatable bonds is 3. The molecule has 2 aromatic rings. The molecule has 1 unspecified atom stereocenters. The first-order valence-electron chi connectivity index (χ1n) is 7.50. The molecule has 3 heteroatoms. The van der Waals surface area contributed by atoms with Gasteiger partial charge >= 0.3 is 0 Å². The maximum absolute atomic E-state index is 4.39. The zero-order valence-electron chi connectivity index (χ0n) is 11.8. The summed E-state index contributed by atoms with van der Waals surface area (Å²) < 4.78 is 0. The zero-order valence-corrected chi connectivity index (χ0v) is 13.3. The summed E-state index contributed by atoms with van der Waals surface area (Å²) in [6, 6.07) is 11.5. The number of hydrogen-bond acceptors (Lipinski definition) is 2. The van der Waals surface area contributed by atoms with Crippen LogP contribution in [0.25, 0.3) is 10.9 Å². The molecule has 3 rings (SSSR count). The quantitative estimate of drug-likeness (QED) is 0.775. The molecule has 1 aromatic carbocycles. The van der Waals surface area contributed by atoms with Crippen molar-refractivity contribution in [2.75, 3.05) is 11.9 Å². The summed E-state index contributed by atoms with van der Waals surface area (Å²) in [5, 5.41) is 2.33. The van der Waals surface area contributed by atoms with Gasteiger partial charge in [-0.25, -0.2) is 0 Å². The van der Waals surface area contributed by atoms with Crippen LogP contribution in [-0.2, 0) is 6.54 Å². The van der Waals surface area contributed by atoms with Crippen molar-refractivity contribution in [2.24, 2.45) is 0 Å². The van der Waals surface area contributed by atoms with Gasteiger partial charge in [0, 0.05) is 29.5 Å². The monoisotopic (exact) mass is 332 g/mol. The lowest BCUT2D eigenvalue weighted by atomic mass is 10.1. The molecule has 0 aliphatic carbocycles. The molecule has 0 spiro atoms. The molecule has 0 saturated carbocycles. The molecule has 0 radical (unpaired) electrons. The third-order valence-corrected chi connectivity index (χ3v) is 4.98. The molecule has 0 N–H and O–H groups in total. The number of hydrogen-bond donors (Lipinski definition) is 0. The fourth-order valence-electron chi connectivity index (χ4n) is 3.08. The molecule has 1 fully saturated rings. The van der Waals surface area contributed by atoms with Crippen molar-refractivity contribution in [1.82, 2.24) is 9.88 Å². The number of nitrogens with zero attached hydrogens (tertiary/aromatic N) is 2. The van der Waals surface area contributed by atoms with E-state index in [1.165, 1.54) is 43.2 Å². The third kappa shape index (κ3) is 3.21. The van der Waals surface area contributed by atoms with Crippen LogP contribution in [-0.4, -0.2) is 27.8 Å². The number of fused-ring (bicyclic) bond motifs is 1. The first kappa shape index (κ1) is 14.0. The minimum Gasteiger partial charge on any atom is -0.295 e. The standard InChI is InChI=1S/C17H21BrN2/c18-12-16-6-2-1-3-10-20(16)13-14-7-8-17-15(11-14)5-4-9-19-17/h4-5,7-9,11,16H,1-3,6,10,12-13H2. The number of pyridine rings is 1. The van der Waals surface area contributed by atoms with E-state index in [0.29, 0.717) is 6.04 Å². The molecule has 1 atom stereocenters. The molecule has 20 heavy (non-hydrogen) atoms. The maximum atomic E-state index is 4.39. The smallest absolute Gasteiger partial charge is 0.0702 e. The predicted molar refractivity (Wildman–Crippen MR) is 88.2 cm³/mol. The molecule has 1 aliphatic rings. The van der Waals surface area contributed by atoms with Crippen LogP contribution in [0.3, 0.4) is 0 Å². The average Bonchev–Trinajstić information content (AvgIpc) is 2.72. The highest BCUT2D eigenvalue weighted by Gasteiger charge is 2.19. The van der Waals surface area contributed by atoms with Gasteiger partial charge in [-0.05, 0) is 43.1 Å². The first-order valence-corrected chi connectivity index (χ1v) is 8.62. The largest absolute Gasteiger partial charge is 0.295 e. The highest BCUT2D eigenvalue weighted by molar-refractivity contribution is 9.09. The molecule has 1 aliphatic heterocycles. The average molecular weight is 333 g/mol. The van der Waals surface area contributed by atoms with Crippen molar-refractivity contribution in [3.8, 4) is 0 Å². The van der Waals surface area contributed by atoms with Gasteiger partial charge in [-0.3, -0.25) is 9.88 Å². The Balaban J connectivity index is 1.80. The van der Waals surface area contributed by atoms with Crippen LogP contribution in [0, 0.1) is 0 Å². The summed E-state index contributed by atoms with van der Waals surface area (Å²) in [7, 11) is 0. The van der Waals surface area contributed by atoms with E-state index in [1.54, 1.807) is 0 Å². The Bertz CT molecular complexity index is 570. The van der Waals surface area contributed by atoms with Crippen LogP contribution in [0.2, 0.25) is 0 Å². The number of aromatic nitrogens is 1. The van der Waals surface area contributed by atoms with Crippen molar-refractivity contribution in [1.29, 1.82) is 0 Å². The molecule has 106 valence electrons. The second-order valence-corrected chi connectivity index (χ2v) is 6.31. The summed E-state index contributed by atoms with van der Waals surface area (Å²) in [6.07, 6.45) is 7.26. The SMILES string of the molecule is BrCC1CCCCCN1Cc1ccc2ncccc2c1. The lowest BCUT2D eigenvalue weighted by Gasteiger charge is -2.28. The van der Waals surface area contributed by atoms with E-state index < -0.39 is 0 Å². The maximum Gasteiger partial charge on any atom is 0.0702 e. The van der Waals surface area contributed by atoms with E-state index in [9.17, 15) is 0 Å². The molecular formula is C17H21BrN2. The molecule has 2 heterocycles. The van der Waals surface area contributed by atoms with Gasteiger partial charge in [0.2, 0.25) is 0 Å². The first-order chi connectivity index (χ1) is 9.86. The van der Waals surface area contributed by atoms with Crippen molar-refractivity contribution >= 4 is 26.8 Å². The molecular weight excluding hydrogens is 312 g/mol. The van der Waals surface area contributed by atoms with E-state index in [2.05, 4.69) is 50.1 Å². The second-order valence-electron chi connectivity index (χ2n) is 5.66. The Morgan fingerprint density at radius 2 is 2.15 bits per heavy atom. The van der Waals surface area contributed by atoms with Crippen LogP contribution in [0.15, 0.2) is 36.5 Å². The summed E-state index contributed by atoms with van der Waals surface area (Å²) in [4.78, 5) is 7.03. The Morgan fingerprint density at radius 3 is 3.05 bits per heavy atom. The Labute approximate surface area is 129 Å². The van der Waals surface area contributed by atoms with Gasteiger partial charge in [-0.1, -0.05) is 40.9 Å². The van der Waals surface area contributed by atoms with Crippen molar-refractivity contribution in [3.63, 3.8) is 0 Å². The number of benzene rings is 1. The van der Waals surface area contributed by atoms with E-state index in [-0.39, 0.29) is 0 Å². The van der Waals surface area contributed by atoms with Crippen LogP contribution < -0.4 is 0 Å². The van der Waals surface area contributed by atoms with Gasteiger partial charge in [0.25, 0.3) is 0 Å². The van der Waals surface area contributed by atoms with E-state index >= 15 is 0 Å². The Kier molecular flexibility index (Phi) is 4.69. The minimum atomic E-state index is 0.682. The fraction of sp³-hybridized carbons (Fsp3) is 0.471. The lowest BCUT2D eigenvalue weighted by molar-refractivity contribution is 0.209. The Hall–Kier alpha value is -0.930. The topological polar surface area (TPSA) is 16.1 Å². The van der Waals surface area contributed by atoms with Crippen LogP contribution in [0.4, 0.5) is 0 Å². The third-order valence-electron chi connectivity index (χ3n) is 4.23. The van der Waals surface area contributed by atoms with Crippen molar-refractivity contribution in [3.05, 3.63) is 42.1 Å². The van der Waals surface area contributed by atoms with Crippen LogP contribution in [0.1, 0.15) is 31.2 Å². The van der Waals surface area contributed by atoms with Gasteiger partial charge in [0.05, 0.1) is 5.52 Å². The summed E-state index contributed by atoms with van der Waals surface area (Å²) in [5.74, 6) is 0. The van der Waals surface area contributed by atoms with Gasteiger partial charge in [0.1, 0.15) is 0 Å². The fourth-order valence-corrected chi connectivity index (χ4v) is 3.81. The normalized spacial score (nSPS) is 20.9. The summed E-state index contributed by atoms with van der Waals surface area (Å²) >= 11 is 3.69. The van der Waals surface area contributed by atoms with Crippen LogP contribution in [0.5, 0.6) is 0 Å². The highest BCUT2D eigenvalue weighted by atomic mass is 79.9. The predicted octanol–water partition coefficient (Wildman–Crippen LogP) is 4.37. The molecule has 0 bridgehead atoms. The molecule has 0 amide bonds.